The van der Waals surface area contributed by atoms with Crippen LogP contribution in [0, 0.1) is 0 Å². The Morgan fingerprint density at radius 1 is 0.852 bits per heavy atom. The molecule has 8 nitrogen and oxygen atoms in total. The topological polar surface area (TPSA) is 92.3 Å². The molecule has 0 heterocycles. The average Bonchev–Trinajstić information content (AvgIpc) is 2.67. The van der Waals surface area contributed by atoms with Gasteiger partial charge in [-0.15, -0.1) is 0 Å². The van der Waals surface area contributed by atoms with Gasteiger partial charge in [-0.05, 0) is 24.3 Å². The Hall–Kier alpha value is -2.65. The Balaban J connectivity index is 2.23. The zero-order valence-electron chi connectivity index (χ0n) is 15.6. The number of sulfonamides is 1. The van der Waals surface area contributed by atoms with Crippen molar-refractivity contribution in [3.05, 3.63) is 36.4 Å². The van der Waals surface area contributed by atoms with Gasteiger partial charge in [0.2, 0.25) is 5.75 Å². The minimum atomic E-state index is -3.81. The quantitative estimate of drug-likeness (QED) is 0.616. The maximum atomic E-state index is 12.6. The van der Waals surface area contributed by atoms with Gasteiger partial charge in [-0.1, -0.05) is 0 Å². The third-order valence-electron chi connectivity index (χ3n) is 3.61. The Morgan fingerprint density at radius 3 is 1.93 bits per heavy atom. The van der Waals surface area contributed by atoms with Crippen molar-refractivity contribution in [1.29, 1.82) is 0 Å². The van der Waals surface area contributed by atoms with Crippen LogP contribution in [0.1, 0.15) is 0 Å². The number of anilines is 1. The van der Waals surface area contributed by atoms with Crippen molar-refractivity contribution in [3.8, 4) is 23.0 Å². The molecule has 0 aromatic heterocycles. The molecule has 0 aliphatic heterocycles. The lowest BCUT2D eigenvalue weighted by Gasteiger charge is -2.15. The highest BCUT2D eigenvalue weighted by Crippen LogP contribution is 2.40. The molecule has 0 aliphatic rings. The first kappa shape index (κ1) is 20.7. The summed E-state index contributed by atoms with van der Waals surface area (Å²) in [4.78, 5) is 0.0929. The highest BCUT2D eigenvalue weighted by molar-refractivity contribution is 7.92. The summed E-state index contributed by atoms with van der Waals surface area (Å²) in [5, 5.41) is 0. The van der Waals surface area contributed by atoms with Crippen molar-refractivity contribution in [2.45, 2.75) is 4.90 Å². The molecule has 0 bridgehead atoms. The summed E-state index contributed by atoms with van der Waals surface area (Å²) in [5.41, 5.74) is 0.282. The second kappa shape index (κ2) is 9.33. The van der Waals surface area contributed by atoms with Crippen LogP contribution < -0.4 is 23.7 Å². The van der Waals surface area contributed by atoms with Crippen molar-refractivity contribution in [1.82, 2.24) is 0 Å². The minimum absolute atomic E-state index is 0.0929. The lowest BCUT2D eigenvalue weighted by molar-refractivity contribution is 0.146. The Labute approximate surface area is 159 Å². The summed E-state index contributed by atoms with van der Waals surface area (Å²) in [5.74, 6) is 1.62. The third-order valence-corrected chi connectivity index (χ3v) is 5.00. The van der Waals surface area contributed by atoms with Gasteiger partial charge in [0.05, 0.1) is 38.5 Å². The molecule has 9 heteroatoms. The number of hydrogen-bond acceptors (Lipinski definition) is 7. The molecule has 2 rings (SSSR count). The molecule has 0 aliphatic carbocycles. The maximum absolute atomic E-state index is 12.6. The van der Waals surface area contributed by atoms with Crippen molar-refractivity contribution < 1.29 is 32.1 Å². The predicted octanol–water partition coefficient (Wildman–Crippen LogP) is 2.54. The number of hydrogen-bond donors (Lipinski definition) is 1. The third kappa shape index (κ3) is 5.18. The fourth-order valence-electron chi connectivity index (χ4n) is 2.31. The lowest BCUT2D eigenvalue weighted by Crippen LogP contribution is -2.13. The first-order valence-electron chi connectivity index (χ1n) is 7.99. The van der Waals surface area contributed by atoms with E-state index in [0.717, 1.165) is 0 Å². The first-order chi connectivity index (χ1) is 12.9. The van der Waals surface area contributed by atoms with E-state index in [1.807, 2.05) is 0 Å². The maximum Gasteiger partial charge on any atom is 0.261 e. The van der Waals surface area contributed by atoms with Crippen molar-refractivity contribution in [2.24, 2.45) is 0 Å². The van der Waals surface area contributed by atoms with Crippen LogP contribution in [-0.4, -0.2) is 50.1 Å². The molecule has 0 fully saturated rings. The van der Waals surface area contributed by atoms with Crippen molar-refractivity contribution in [3.63, 3.8) is 0 Å². The van der Waals surface area contributed by atoms with Crippen LogP contribution in [0.4, 0.5) is 5.69 Å². The molecule has 0 amide bonds. The van der Waals surface area contributed by atoms with E-state index in [2.05, 4.69) is 4.72 Å². The molecule has 0 saturated heterocycles. The minimum Gasteiger partial charge on any atom is -0.493 e. The highest BCUT2D eigenvalue weighted by Gasteiger charge is 2.18. The van der Waals surface area contributed by atoms with Crippen LogP contribution in [0.3, 0.4) is 0 Å². The molecular formula is C18H23NO7S. The monoisotopic (exact) mass is 397 g/mol. The van der Waals surface area contributed by atoms with E-state index in [0.29, 0.717) is 36.2 Å². The van der Waals surface area contributed by atoms with E-state index < -0.39 is 10.0 Å². The molecule has 2 aromatic rings. The molecular weight excluding hydrogens is 374 g/mol. The fourth-order valence-corrected chi connectivity index (χ4v) is 3.35. The number of rotatable bonds is 10. The van der Waals surface area contributed by atoms with E-state index in [9.17, 15) is 8.42 Å². The summed E-state index contributed by atoms with van der Waals surface area (Å²) in [6.07, 6.45) is 0. The van der Waals surface area contributed by atoms with Crippen LogP contribution in [0.5, 0.6) is 23.0 Å². The Morgan fingerprint density at radius 2 is 1.44 bits per heavy atom. The van der Waals surface area contributed by atoms with E-state index in [4.69, 9.17) is 23.7 Å². The van der Waals surface area contributed by atoms with E-state index in [1.54, 1.807) is 19.2 Å². The van der Waals surface area contributed by atoms with Crippen LogP contribution >= 0.6 is 0 Å². The largest absolute Gasteiger partial charge is 0.493 e. The molecule has 0 radical (unpaired) electrons. The Kier molecular flexibility index (Phi) is 7.14. The number of methoxy groups -OCH3 is 4. The van der Waals surface area contributed by atoms with Gasteiger partial charge in [0.25, 0.3) is 10.0 Å². The smallest absolute Gasteiger partial charge is 0.261 e. The van der Waals surface area contributed by atoms with Gasteiger partial charge in [0, 0.05) is 19.2 Å². The number of ether oxygens (including phenoxy) is 5. The van der Waals surface area contributed by atoms with Crippen LogP contribution in [0.15, 0.2) is 41.3 Å². The highest BCUT2D eigenvalue weighted by atomic mass is 32.2. The van der Waals surface area contributed by atoms with E-state index in [-0.39, 0.29) is 10.6 Å². The SMILES string of the molecule is COCCOc1ccc(S(=O)(=O)Nc2cc(OC)c(OC)c(OC)c2)cc1. The molecule has 148 valence electrons. The summed E-state index contributed by atoms with van der Waals surface area (Å²) < 4.78 is 53.8. The van der Waals surface area contributed by atoms with E-state index in [1.165, 1.54) is 45.6 Å². The molecule has 0 saturated carbocycles. The number of nitrogens with one attached hydrogen (secondary N) is 1. The molecule has 0 unspecified atom stereocenters. The lowest BCUT2D eigenvalue weighted by atomic mass is 10.2. The normalized spacial score (nSPS) is 11.0. The molecule has 2 aromatic carbocycles. The van der Waals surface area contributed by atoms with E-state index >= 15 is 0 Å². The summed E-state index contributed by atoms with van der Waals surface area (Å²) in [6.45, 7) is 0.828. The summed E-state index contributed by atoms with van der Waals surface area (Å²) in [7, 11) is 2.16. The molecule has 27 heavy (non-hydrogen) atoms. The summed E-state index contributed by atoms with van der Waals surface area (Å²) in [6, 6.07) is 9.12. The number of benzene rings is 2. The molecule has 0 atom stereocenters. The predicted molar refractivity (Wildman–Crippen MR) is 101 cm³/mol. The van der Waals surface area contributed by atoms with Gasteiger partial charge in [-0.25, -0.2) is 8.42 Å². The second-order valence-corrected chi connectivity index (χ2v) is 7.01. The molecule has 0 spiro atoms. The van der Waals surface area contributed by atoms with Crippen molar-refractivity contribution >= 4 is 15.7 Å². The fraction of sp³-hybridized carbons (Fsp3) is 0.333. The average molecular weight is 397 g/mol. The second-order valence-electron chi connectivity index (χ2n) is 5.33. The zero-order valence-corrected chi connectivity index (χ0v) is 16.5. The Bertz CT molecular complexity index is 826. The molecule has 1 N–H and O–H groups in total. The van der Waals surface area contributed by atoms with Crippen molar-refractivity contribution in [2.75, 3.05) is 46.4 Å². The van der Waals surface area contributed by atoms with Gasteiger partial charge in [-0.3, -0.25) is 4.72 Å². The van der Waals surface area contributed by atoms with Crippen LogP contribution in [0.2, 0.25) is 0 Å². The van der Waals surface area contributed by atoms with Gasteiger partial charge in [0.15, 0.2) is 11.5 Å². The van der Waals surface area contributed by atoms with Gasteiger partial charge in [-0.2, -0.15) is 0 Å². The standard InChI is InChI=1S/C18H23NO7S/c1-22-9-10-26-14-5-7-15(8-6-14)27(20,21)19-13-11-16(23-2)18(25-4)17(12-13)24-3/h5-8,11-12,19H,9-10H2,1-4H3. The van der Waals surface area contributed by atoms with Gasteiger partial charge < -0.3 is 23.7 Å². The first-order valence-corrected chi connectivity index (χ1v) is 9.48. The van der Waals surface area contributed by atoms with Crippen LogP contribution in [0.25, 0.3) is 0 Å². The zero-order chi connectivity index (χ0) is 19.9. The van der Waals surface area contributed by atoms with Crippen LogP contribution in [-0.2, 0) is 14.8 Å². The van der Waals surface area contributed by atoms with Gasteiger partial charge in [0.1, 0.15) is 12.4 Å². The summed E-state index contributed by atoms with van der Waals surface area (Å²) >= 11 is 0. The van der Waals surface area contributed by atoms with Gasteiger partial charge >= 0.3 is 0 Å².